The molecule has 106 valence electrons. The van der Waals surface area contributed by atoms with E-state index in [0.717, 1.165) is 11.3 Å². The monoisotopic (exact) mass is 282 g/mol. The van der Waals surface area contributed by atoms with E-state index in [9.17, 15) is 9.50 Å². The van der Waals surface area contributed by atoms with Crippen LogP contribution >= 0.6 is 0 Å². The van der Waals surface area contributed by atoms with E-state index in [4.69, 9.17) is 0 Å². The van der Waals surface area contributed by atoms with Crippen molar-refractivity contribution in [3.8, 4) is 5.69 Å². The fourth-order valence-electron chi connectivity index (χ4n) is 2.25. The zero-order valence-corrected chi connectivity index (χ0v) is 11.6. The molecule has 0 fully saturated rings. The number of aliphatic hydroxyl groups is 1. The number of rotatable bonds is 3. The fourth-order valence-corrected chi connectivity index (χ4v) is 2.25. The normalized spacial score (nSPS) is 12.3. The zero-order valence-electron chi connectivity index (χ0n) is 11.6. The Labute approximate surface area is 122 Å². The molecule has 0 radical (unpaired) electrons. The quantitative estimate of drug-likeness (QED) is 0.799. The van der Waals surface area contributed by atoms with E-state index in [1.807, 2.05) is 37.3 Å². The molecule has 1 N–H and O–H groups in total. The minimum absolute atomic E-state index is 0.266. The second-order valence-electron chi connectivity index (χ2n) is 4.98. The van der Waals surface area contributed by atoms with Gasteiger partial charge in [0.25, 0.3) is 0 Å². The Kier molecular flexibility index (Phi) is 3.54. The average molecular weight is 282 g/mol. The molecule has 0 saturated carbocycles. The molecule has 1 unspecified atom stereocenters. The van der Waals surface area contributed by atoms with Crippen LogP contribution in [0, 0.1) is 12.7 Å². The van der Waals surface area contributed by atoms with Crippen LogP contribution in [-0.4, -0.2) is 14.9 Å². The minimum Gasteiger partial charge on any atom is -0.383 e. The summed E-state index contributed by atoms with van der Waals surface area (Å²) in [5, 5.41) is 14.6. The van der Waals surface area contributed by atoms with Crippen LogP contribution in [0.5, 0.6) is 0 Å². The Morgan fingerprint density at radius 2 is 1.90 bits per heavy atom. The molecule has 0 aliphatic carbocycles. The van der Waals surface area contributed by atoms with Gasteiger partial charge in [-0.3, -0.25) is 0 Å². The first-order valence-corrected chi connectivity index (χ1v) is 6.69. The van der Waals surface area contributed by atoms with Gasteiger partial charge in [-0.25, -0.2) is 9.07 Å². The smallest absolute Gasteiger partial charge is 0.129 e. The third-order valence-electron chi connectivity index (χ3n) is 3.39. The highest BCUT2D eigenvalue weighted by molar-refractivity contribution is 5.35. The van der Waals surface area contributed by atoms with Crippen molar-refractivity contribution in [2.45, 2.75) is 13.0 Å². The van der Waals surface area contributed by atoms with Crippen molar-refractivity contribution in [2.75, 3.05) is 0 Å². The summed E-state index contributed by atoms with van der Waals surface area (Å²) in [5.41, 5.74) is 2.62. The van der Waals surface area contributed by atoms with Crippen LogP contribution in [0.3, 0.4) is 0 Å². The Morgan fingerprint density at radius 3 is 2.67 bits per heavy atom. The Hall–Kier alpha value is -2.46. The molecule has 0 saturated heterocycles. The number of benzene rings is 2. The van der Waals surface area contributed by atoms with Crippen LogP contribution in [-0.2, 0) is 0 Å². The van der Waals surface area contributed by atoms with Crippen molar-refractivity contribution in [3.05, 3.63) is 83.4 Å². The summed E-state index contributed by atoms with van der Waals surface area (Å²) in [6.07, 6.45) is 2.24. The standard InChI is InChI=1S/C17H15FN2O/c1-12-7-8-16(18)15(9-12)17(21)13-10-19-20(11-13)14-5-3-2-4-6-14/h2-11,17,21H,1H3. The molecule has 3 rings (SSSR count). The van der Waals surface area contributed by atoms with Gasteiger partial charge in [0.1, 0.15) is 11.9 Å². The van der Waals surface area contributed by atoms with Gasteiger partial charge in [0.05, 0.1) is 11.9 Å². The van der Waals surface area contributed by atoms with Crippen LogP contribution < -0.4 is 0 Å². The number of aliphatic hydroxyl groups excluding tert-OH is 1. The average Bonchev–Trinajstić information content (AvgIpc) is 3.00. The van der Waals surface area contributed by atoms with Gasteiger partial charge in [0, 0.05) is 17.3 Å². The van der Waals surface area contributed by atoms with Gasteiger partial charge >= 0.3 is 0 Å². The summed E-state index contributed by atoms with van der Waals surface area (Å²) in [4.78, 5) is 0. The molecule has 0 bridgehead atoms. The number of aromatic nitrogens is 2. The topological polar surface area (TPSA) is 38.1 Å². The number of hydrogen-bond acceptors (Lipinski definition) is 2. The largest absolute Gasteiger partial charge is 0.383 e. The maximum atomic E-state index is 13.8. The van der Waals surface area contributed by atoms with Crippen LogP contribution in [0.2, 0.25) is 0 Å². The lowest BCUT2D eigenvalue weighted by Crippen LogP contribution is -2.02. The number of aryl methyl sites for hydroxylation is 1. The van der Waals surface area contributed by atoms with Gasteiger partial charge < -0.3 is 5.11 Å². The molecule has 3 aromatic rings. The predicted octanol–water partition coefficient (Wildman–Crippen LogP) is 3.40. The maximum Gasteiger partial charge on any atom is 0.129 e. The Balaban J connectivity index is 1.94. The van der Waals surface area contributed by atoms with Gasteiger partial charge in [0.2, 0.25) is 0 Å². The fraction of sp³-hybridized carbons (Fsp3) is 0.118. The van der Waals surface area contributed by atoms with Crippen molar-refractivity contribution in [1.82, 2.24) is 9.78 Å². The third-order valence-corrected chi connectivity index (χ3v) is 3.39. The lowest BCUT2D eigenvalue weighted by Gasteiger charge is -2.10. The molecular formula is C17H15FN2O. The molecule has 0 aliphatic rings. The van der Waals surface area contributed by atoms with E-state index >= 15 is 0 Å². The highest BCUT2D eigenvalue weighted by Gasteiger charge is 2.17. The lowest BCUT2D eigenvalue weighted by molar-refractivity contribution is 0.215. The second-order valence-corrected chi connectivity index (χ2v) is 4.98. The summed E-state index contributed by atoms with van der Waals surface area (Å²) in [5.74, 6) is -0.416. The molecular weight excluding hydrogens is 267 g/mol. The molecule has 0 amide bonds. The van der Waals surface area contributed by atoms with Crippen LogP contribution in [0.4, 0.5) is 4.39 Å². The predicted molar refractivity (Wildman–Crippen MR) is 78.8 cm³/mol. The highest BCUT2D eigenvalue weighted by atomic mass is 19.1. The van der Waals surface area contributed by atoms with Crippen molar-refractivity contribution >= 4 is 0 Å². The van der Waals surface area contributed by atoms with E-state index in [1.54, 1.807) is 29.2 Å². The summed E-state index contributed by atoms with van der Waals surface area (Å²) in [6, 6.07) is 14.3. The summed E-state index contributed by atoms with van der Waals surface area (Å²) in [7, 11) is 0. The summed E-state index contributed by atoms with van der Waals surface area (Å²) in [6.45, 7) is 1.86. The molecule has 3 nitrogen and oxygen atoms in total. The van der Waals surface area contributed by atoms with Gasteiger partial charge in [-0.15, -0.1) is 0 Å². The first-order chi connectivity index (χ1) is 10.1. The SMILES string of the molecule is Cc1ccc(F)c(C(O)c2cnn(-c3ccccc3)c2)c1. The molecule has 0 aliphatic heterocycles. The summed E-state index contributed by atoms with van der Waals surface area (Å²) < 4.78 is 15.5. The maximum absolute atomic E-state index is 13.8. The van der Waals surface area contributed by atoms with E-state index in [0.29, 0.717) is 5.56 Å². The van der Waals surface area contributed by atoms with Gasteiger partial charge in [-0.2, -0.15) is 5.10 Å². The van der Waals surface area contributed by atoms with E-state index in [2.05, 4.69) is 5.10 Å². The van der Waals surface area contributed by atoms with E-state index in [1.165, 1.54) is 6.07 Å². The molecule has 4 heteroatoms. The number of halogens is 1. The van der Waals surface area contributed by atoms with Crippen molar-refractivity contribution in [1.29, 1.82) is 0 Å². The number of para-hydroxylation sites is 1. The first kappa shape index (κ1) is 13.5. The zero-order chi connectivity index (χ0) is 14.8. The molecule has 0 spiro atoms. The van der Waals surface area contributed by atoms with Crippen LogP contribution in [0.15, 0.2) is 60.9 Å². The number of hydrogen-bond donors (Lipinski definition) is 1. The molecule has 1 aromatic heterocycles. The van der Waals surface area contributed by atoms with Crippen molar-refractivity contribution in [3.63, 3.8) is 0 Å². The van der Waals surface area contributed by atoms with Gasteiger partial charge in [-0.1, -0.05) is 35.9 Å². The van der Waals surface area contributed by atoms with E-state index in [-0.39, 0.29) is 5.56 Å². The van der Waals surface area contributed by atoms with E-state index < -0.39 is 11.9 Å². The lowest BCUT2D eigenvalue weighted by atomic mass is 10.0. The van der Waals surface area contributed by atoms with Crippen LogP contribution in [0.1, 0.15) is 22.8 Å². The van der Waals surface area contributed by atoms with Crippen molar-refractivity contribution < 1.29 is 9.50 Å². The minimum atomic E-state index is -1.03. The molecule has 1 heterocycles. The number of nitrogens with zero attached hydrogens (tertiary/aromatic N) is 2. The molecule has 1 atom stereocenters. The van der Waals surface area contributed by atoms with Crippen LogP contribution in [0.25, 0.3) is 5.69 Å². The van der Waals surface area contributed by atoms with Gasteiger partial charge in [0.15, 0.2) is 0 Å². The second kappa shape index (κ2) is 5.50. The molecule has 21 heavy (non-hydrogen) atoms. The Morgan fingerprint density at radius 1 is 1.14 bits per heavy atom. The summed E-state index contributed by atoms with van der Waals surface area (Å²) >= 11 is 0. The third kappa shape index (κ3) is 2.71. The van der Waals surface area contributed by atoms with Gasteiger partial charge in [-0.05, 0) is 25.1 Å². The Bertz CT molecular complexity index is 752. The first-order valence-electron chi connectivity index (χ1n) is 6.69. The highest BCUT2D eigenvalue weighted by Crippen LogP contribution is 2.25. The molecule has 2 aromatic carbocycles. The van der Waals surface area contributed by atoms with Crippen molar-refractivity contribution in [2.24, 2.45) is 0 Å².